The molecule has 3 aromatic rings. The second kappa shape index (κ2) is 9.24. The van der Waals surface area contributed by atoms with E-state index in [-0.39, 0.29) is 5.91 Å². The zero-order valence-corrected chi connectivity index (χ0v) is 16.7. The highest BCUT2D eigenvalue weighted by Crippen LogP contribution is 2.22. The maximum Gasteiger partial charge on any atom is 0.251 e. The first-order valence-electron chi connectivity index (χ1n) is 9.40. The lowest BCUT2D eigenvalue weighted by molar-refractivity contribution is -0.115. The van der Waals surface area contributed by atoms with Crippen LogP contribution in [0.1, 0.15) is 17.5 Å². The molecule has 0 saturated heterocycles. The standard InChI is InChI=1S/C23H27N3O2/c1-26(2)14-4-5-21(18-8-11-22-19(15-18)12-13-24-22)23(27)25-16-17-6-9-20(28-3)10-7-17/h5-13,15,24H,4,14,16H2,1-3H3,(H,25,27). The van der Waals surface area contributed by atoms with Crippen LogP contribution in [0, 0.1) is 0 Å². The number of benzene rings is 2. The van der Waals surface area contributed by atoms with Gasteiger partial charge in [-0.1, -0.05) is 24.3 Å². The summed E-state index contributed by atoms with van der Waals surface area (Å²) in [5, 5.41) is 4.14. The van der Waals surface area contributed by atoms with E-state index in [1.165, 1.54) is 0 Å². The van der Waals surface area contributed by atoms with Crippen molar-refractivity contribution >= 4 is 22.4 Å². The number of carbonyl (C=O) groups is 1. The molecule has 1 amide bonds. The van der Waals surface area contributed by atoms with Crippen molar-refractivity contribution in [2.24, 2.45) is 0 Å². The van der Waals surface area contributed by atoms with E-state index >= 15 is 0 Å². The molecule has 5 heteroatoms. The molecule has 1 heterocycles. The highest BCUT2D eigenvalue weighted by Gasteiger charge is 2.13. The third-order valence-electron chi connectivity index (χ3n) is 4.65. The van der Waals surface area contributed by atoms with Gasteiger partial charge in [-0.3, -0.25) is 4.79 Å². The Balaban J connectivity index is 1.77. The van der Waals surface area contributed by atoms with Crippen LogP contribution in [0.25, 0.3) is 16.5 Å². The van der Waals surface area contributed by atoms with Crippen LogP contribution < -0.4 is 10.1 Å². The van der Waals surface area contributed by atoms with Crippen LogP contribution in [0.15, 0.2) is 60.8 Å². The van der Waals surface area contributed by atoms with Crippen LogP contribution in [-0.4, -0.2) is 43.5 Å². The van der Waals surface area contributed by atoms with Gasteiger partial charge in [0.1, 0.15) is 5.75 Å². The van der Waals surface area contributed by atoms with Crippen molar-refractivity contribution in [3.05, 3.63) is 71.9 Å². The number of aromatic amines is 1. The summed E-state index contributed by atoms with van der Waals surface area (Å²) >= 11 is 0. The van der Waals surface area contributed by atoms with Crippen molar-refractivity contribution in [2.45, 2.75) is 13.0 Å². The number of hydrogen-bond donors (Lipinski definition) is 2. The van der Waals surface area contributed by atoms with Gasteiger partial charge in [0.25, 0.3) is 5.91 Å². The molecule has 2 aromatic carbocycles. The molecule has 0 aliphatic rings. The van der Waals surface area contributed by atoms with Gasteiger partial charge in [0, 0.05) is 30.4 Å². The van der Waals surface area contributed by atoms with Crippen LogP contribution in [0.3, 0.4) is 0 Å². The Morgan fingerprint density at radius 1 is 1.14 bits per heavy atom. The average Bonchev–Trinajstić information content (AvgIpc) is 3.17. The molecule has 1 aromatic heterocycles. The van der Waals surface area contributed by atoms with E-state index in [9.17, 15) is 4.79 Å². The van der Waals surface area contributed by atoms with E-state index in [2.05, 4.69) is 21.3 Å². The molecule has 5 nitrogen and oxygen atoms in total. The summed E-state index contributed by atoms with van der Waals surface area (Å²) in [5.41, 5.74) is 3.73. The number of nitrogens with one attached hydrogen (secondary N) is 2. The van der Waals surface area contributed by atoms with Crippen LogP contribution in [-0.2, 0) is 11.3 Å². The maximum absolute atomic E-state index is 13.0. The first-order chi connectivity index (χ1) is 13.6. The van der Waals surface area contributed by atoms with E-state index < -0.39 is 0 Å². The normalized spacial score (nSPS) is 11.8. The van der Waals surface area contributed by atoms with Gasteiger partial charge >= 0.3 is 0 Å². The Bertz CT molecular complexity index is 955. The van der Waals surface area contributed by atoms with Gasteiger partial charge in [-0.05, 0) is 67.4 Å². The lowest BCUT2D eigenvalue weighted by Gasteiger charge is -2.12. The summed E-state index contributed by atoms with van der Waals surface area (Å²) in [6.07, 6.45) is 4.74. The van der Waals surface area contributed by atoms with Gasteiger partial charge in [-0.15, -0.1) is 0 Å². The summed E-state index contributed by atoms with van der Waals surface area (Å²) < 4.78 is 5.18. The zero-order valence-electron chi connectivity index (χ0n) is 16.7. The Labute approximate surface area is 166 Å². The monoisotopic (exact) mass is 377 g/mol. The minimum absolute atomic E-state index is 0.0653. The third-order valence-corrected chi connectivity index (χ3v) is 4.65. The minimum atomic E-state index is -0.0653. The van der Waals surface area contributed by atoms with Gasteiger partial charge in [0.15, 0.2) is 0 Å². The second-order valence-electron chi connectivity index (χ2n) is 7.02. The van der Waals surface area contributed by atoms with Crippen LogP contribution in [0.4, 0.5) is 0 Å². The van der Waals surface area contributed by atoms with Crippen molar-refractivity contribution in [1.29, 1.82) is 0 Å². The molecule has 0 saturated carbocycles. The number of H-pyrrole nitrogens is 1. The van der Waals surface area contributed by atoms with Crippen molar-refractivity contribution in [1.82, 2.24) is 15.2 Å². The fourth-order valence-electron chi connectivity index (χ4n) is 3.05. The van der Waals surface area contributed by atoms with Crippen LogP contribution in [0.5, 0.6) is 5.75 Å². The number of ether oxygens (including phenoxy) is 1. The molecule has 0 unspecified atom stereocenters. The molecule has 28 heavy (non-hydrogen) atoms. The van der Waals surface area contributed by atoms with Crippen LogP contribution >= 0.6 is 0 Å². The molecule has 146 valence electrons. The number of carbonyl (C=O) groups excluding carboxylic acids is 1. The fraction of sp³-hybridized carbons (Fsp3) is 0.261. The minimum Gasteiger partial charge on any atom is -0.497 e. The molecule has 3 rings (SSSR count). The Morgan fingerprint density at radius 3 is 2.64 bits per heavy atom. The van der Waals surface area contributed by atoms with E-state index in [1.807, 2.05) is 68.8 Å². The van der Waals surface area contributed by atoms with Gasteiger partial charge in [0.05, 0.1) is 7.11 Å². The van der Waals surface area contributed by atoms with E-state index in [1.54, 1.807) is 7.11 Å². The molecular formula is C23H27N3O2. The fourth-order valence-corrected chi connectivity index (χ4v) is 3.05. The molecule has 2 N–H and O–H groups in total. The molecule has 0 spiro atoms. The summed E-state index contributed by atoms with van der Waals surface area (Å²) in [6.45, 7) is 1.36. The highest BCUT2D eigenvalue weighted by molar-refractivity contribution is 6.20. The molecular weight excluding hydrogens is 350 g/mol. The number of hydrogen-bond acceptors (Lipinski definition) is 3. The summed E-state index contributed by atoms with van der Waals surface area (Å²) in [6, 6.07) is 15.8. The number of aromatic nitrogens is 1. The van der Waals surface area contributed by atoms with Gasteiger partial charge in [-0.25, -0.2) is 0 Å². The van der Waals surface area contributed by atoms with Gasteiger partial charge < -0.3 is 19.9 Å². The zero-order chi connectivity index (χ0) is 19.9. The van der Waals surface area contributed by atoms with E-state index in [0.717, 1.165) is 40.7 Å². The van der Waals surface area contributed by atoms with E-state index in [4.69, 9.17) is 4.74 Å². The van der Waals surface area contributed by atoms with Crippen LogP contribution in [0.2, 0.25) is 0 Å². The Hall–Kier alpha value is -3.05. The predicted octanol–water partition coefficient (Wildman–Crippen LogP) is 3.83. The smallest absolute Gasteiger partial charge is 0.251 e. The van der Waals surface area contributed by atoms with Gasteiger partial charge in [-0.2, -0.15) is 0 Å². The first kappa shape index (κ1) is 19.7. The first-order valence-corrected chi connectivity index (χ1v) is 9.40. The van der Waals surface area contributed by atoms with Crippen molar-refractivity contribution in [3.8, 4) is 5.75 Å². The average molecular weight is 377 g/mol. The maximum atomic E-state index is 13.0. The lowest BCUT2D eigenvalue weighted by Crippen LogP contribution is -2.24. The molecule has 0 aliphatic carbocycles. The number of amides is 1. The molecule has 0 fully saturated rings. The number of methoxy groups -OCH3 is 1. The summed E-state index contributed by atoms with van der Waals surface area (Å²) in [7, 11) is 5.70. The topological polar surface area (TPSA) is 57.4 Å². The molecule has 0 bridgehead atoms. The van der Waals surface area contributed by atoms with E-state index in [0.29, 0.717) is 12.1 Å². The Kier molecular flexibility index (Phi) is 6.50. The highest BCUT2D eigenvalue weighted by atomic mass is 16.5. The largest absolute Gasteiger partial charge is 0.497 e. The second-order valence-corrected chi connectivity index (χ2v) is 7.02. The predicted molar refractivity (Wildman–Crippen MR) is 114 cm³/mol. The van der Waals surface area contributed by atoms with Crippen molar-refractivity contribution in [3.63, 3.8) is 0 Å². The van der Waals surface area contributed by atoms with Crippen molar-refractivity contribution in [2.75, 3.05) is 27.7 Å². The number of nitrogens with zero attached hydrogens (tertiary/aromatic N) is 1. The quantitative estimate of drug-likeness (QED) is 0.587. The number of rotatable bonds is 8. The molecule has 0 radical (unpaired) electrons. The molecule has 0 atom stereocenters. The SMILES string of the molecule is COc1ccc(CNC(=O)C(=CCCN(C)C)c2ccc3[nH]ccc3c2)cc1. The molecule has 0 aliphatic heterocycles. The lowest BCUT2D eigenvalue weighted by atomic mass is 10.0. The third kappa shape index (κ3) is 5.02. The van der Waals surface area contributed by atoms with Gasteiger partial charge in [0.2, 0.25) is 0 Å². The van der Waals surface area contributed by atoms with Crippen molar-refractivity contribution < 1.29 is 9.53 Å². The Morgan fingerprint density at radius 2 is 1.93 bits per heavy atom. The number of fused-ring (bicyclic) bond motifs is 1. The summed E-state index contributed by atoms with van der Waals surface area (Å²) in [5.74, 6) is 0.739. The summed E-state index contributed by atoms with van der Waals surface area (Å²) in [4.78, 5) is 18.3.